The summed E-state index contributed by atoms with van der Waals surface area (Å²) in [6, 6.07) is 1.64. The molecule has 104 valence electrons. The molecule has 2 aromatic heterocycles. The van der Waals surface area contributed by atoms with Gasteiger partial charge in [0.05, 0.1) is 0 Å². The van der Waals surface area contributed by atoms with E-state index in [-0.39, 0.29) is 16.7 Å². The average molecular weight is 294 g/mol. The molecule has 2 heterocycles. The van der Waals surface area contributed by atoms with Gasteiger partial charge < -0.3 is 15.8 Å². The molecule has 0 radical (unpaired) electrons. The molecule has 0 fully saturated rings. The van der Waals surface area contributed by atoms with E-state index in [0.717, 1.165) is 11.8 Å². The Labute approximate surface area is 116 Å². The van der Waals surface area contributed by atoms with Gasteiger partial charge >= 0.3 is 6.09 Å². The van der Waals surface area contributed by atoms with Crippen LogP contribution < -0.4 is 11.1 Å². The highest BCUT2D eigenvalue weighted by Crippen LogP contribution is 2.13. The van der Waals surface area contributed by atoms with Crippen LogP contribution in [-0.4, -0.2) is 43.5 Å². The molecule has 0 spiro atoms. The van der Waals surface area contributed by atoms with Crippen molar-refractivity contribution in [1.82, 2.24) is 20.3 Å². The van der Waals surface area contributed by atoms with Crippen molar-refractivity contribution in [1.29, 1.82) is 0 Å². The van der Waals surface area contributed by atoms with Crippen LogP contribution in [0.15, 0.2) is 17.3 Å². The van der Waals surface area contributed by atoms with E-state index in [1.807, 2.05) is 0 Å². The Kier molecular flexibility index (Phi) is 3.84. The number of aromatic amines is 1. The molecular formula is C10H10N6O3S. The van der Waals surface area contributed by atoms with Crippen LogP contribution in [0.1, 0.15) is 10.5 Å². The summed E-state index contributed by atoms with van der Waals surface area (Å²) >= 11 is 0.974. The summed E-state index contributed by atoms with van der Waals surface area (Å²) in [6.45, 7) is 0. The van der Waals surface area contributed by atoms with Crippen LogP contribution in [0.5, 0.6) is 0 Å². The Morgan fingerprint density at radius 2 is 2.25 bits per heavy atom. The van der Waals surface area contributed by atoms with Crippen molar-refractivity contribution in [3.8, 4) is 0 Å². The number of nitrogens with one attached hydrogen (secondary N) is 2. The van der Waals surface area contributed by atoms with Crippen LogP contribution in [0.4, 0.5) is 10.6 Å². The molecular weight excluding hydrogens is 284 g/mol. The fraction of sp³-hybridized carbons (Fsp3) is 0.100. The number of carbonyl (C=O) groups is 2. The topological polar surface area (TPSA) is 146 Å². The first-order valence-corrected chi connectivity index (χ1v) is 6.51. The number of nitrogens with two attached hydrogens (primary N) is 1. The van der Waals surface area contributed by atoms with Gasteiger partial charge in [0, 0.05) is 6.20 Å². The number of hydrogen-bond donors (Lipinski definition) is 4. The van der Waals surface area contributed by atoms with E-state index in [9.17, 15) is 9.59 Å². The fourth-order valence-electron chi connectivity index (χ4n) is 1.42. The molecule has 5 N–H and O–H groups in total. The van der Waals surface area contributed by atoms with Crippen molar-refractivity contribution < 1.29 is 14.7 Å². The van der Waals surface area contributed by atoms with E-state index in [1.165, 1.54) is 0 Å². The highest BCUT2D eigenvalue weighted by Gasteiger charge is 2.16. The van der Waals surface area contributed by atoms with E-state index < -0.39 is 12.0 Å². The van der Waals surface area contributed by atoms with E-state index in [1.54, 1.807) is 18.5 Å². The highest BCUT2D eigenvalue weighted by molar-refractivity contribution is 8.13. The van der Waals surface area contributed by atoms with Gasteiger partial charge in [-0.05, 0) is 12.3 Å². The Hall–Kier alpha value is -2.62. The summed E-state index contributed by atoms with van der Waals surface area (Å²) in [5.41, 5.74) is 6.49. The van der Waals surface area contributed by atoms with Crippen molar-refractivity contribution in [3.63, 3.8) is 0 Å². The van der Waals surface area contributed by atoms with Gasteiger partial charge in [0.15, 0.2) is 22.3 Å². The Morgan fingerprint density at radius 1 is 1.50 bits per heavy atom. The second-order valence-electron chi connectivity index (χ2n) is 3.53. The SMILES string of the molecule is CSC(=NC(=O)O)NC(=O)c1nc2cc[nH]c2nc1N. The minimum absolute atomic E-state index is 0.0618. The lowest BCUT2D eigenvalue weighted by molar-refractivity contribution is 0.0974. The predicted octanol–water partition coefficient (Wildman–Crippen LogP) is 0.667. The zero-order valence-electron chi connectivity index (χ0n) is 10.2. The van der Waals surface area contributed by atoms with Crippen molar-refractivity contribution in [3.05, 3.63) is 18.0 Å². The Bertz CT molecular complexity index is 710. The maximum Gasteiger partial charge on any atom is 0.433 e. The quantitative estimate of drug-likeness (QED) is 0.446. The van der Waals surface area contributed by atoms with E-state index in [4.69, 9.17) is 10.8 Å². The molecule has 0 aromatic carbocycles. The lowest BCUT2D eigenvalue weighted by Gasteiger charge is -2.06. The van der Waals surface area contributed by atoms with Gasteiger partial charge in [-0.2, -0.15) is 4.99 Å². The fourth-order valence-corrected chi connectivity index (χ4v) is 1.78. The molecule has 20 heavy (non-hydrogen) atoms. The maximum atomic E-state index is 12.0. The number of aliphatic imine (C=N–C) groups is 1. The second kappa shape index (κ2) is 5.57. The monoisotopic (exact) mass is 294 g/mol. The van der Waals surface area contributed by atoms with Crippen LogP contribution in [0.3, 0.4) is 0 Å². The zero-order valence-corrected chi connectivity index (χ0v) is 11.1. The van der Waals surface area contributed by atoms with Crippen molar-refractivity contribution in [2.75, 3.05) is 12.0 Å². The molecule has 0 aliphatic carbocycles. The first kappa shape index (κ1) is 13.8. The standard InChI is InChI=1S/C10H10N6O3S/c1-20-9(16-10(18)19)15-8(17)5-6(11)14-7-4(13-5)2-3-12-7/h2-3H,1H3,(H,18,19)(H3,11,12,14)(H,15,16,17). The number of nitrogen functional groups attached to an aromatic ring is 1. The smallest absolute Gasteiger partial charge is 0.433 e. The van der Waals surface area contributed by atoms with Gasteiger partial charge in [-0.15, -0.1) is 0 Å². The third-order valence-corrected chi connectivity index (χ3v) is 2.82. The summed E-state index contributed by atoms with van der Waals surface area (Å²) in [5.74, 6) is -0.735. The minimum Gasteiger partial charge on any atom is -0.463 e. The molecule has 0 saturated heterocycles. The van der Waals surface area contributed by atoms with Gasteiger partial charge in [0.1, 0.15) is 5.52 Å². The Morgan fingerprint density at radius 3 is 2.90 bits per heavy atom. The molecule has 2 aromatic rings. The largest absolute Gasteiger partial charge is 0.463 e. The number of amides is 2. The van der Waals surface area contributed by atoms with E-state index >= 15 is 0 Å². The molecule has 0 aliphatic rings. The van der Waals surface area contributed by atoms with Crippen molar-refractivity contribution in [2.24, 2.45) is 4.99 Å². The van der Waals surface area contributed by atoms with Crippen LogP contribution >= 0.6 is 11.8 Å². The zero-order chi connectivity index (χ0) is 14.7. The number of fused-ring (bicyclic) bond motifs is 1. The molecule has 0 unspecified atom stereocenters. The first-order valence-electron chi connectivity index (χ1n) is 5.29. The van der Waals surface area contributed by atoms with E-state index in [0.29, 0.717) is 11.2 Å². The van der Waals surface area contributed by atoms with Gasteiger partial charge in [0.2, 0.25) is 0 Å². The second-order valence-corrected chi connectivity index (χ2v) is 4.32. The average Bonchev–Trinajstić information content (AvgIpc) is 2.83. The van der Waals surface area contributed by atoms with Gasteiger partial charge in [-0.3, -0.25) is 10.1 Å². The third kappa shape index (κ3) is 2.85. The van der Waals surface area contributed by atoms with Crippen LogP contribution in [0.2, 0.25) is 0 Å². The number of rotatable bonds is 1. The van der Waals surface area contributed by atoms with Crippen molar-refractivity contribution >= 4 is 45.9 Å². The maximum absolute atomic E-state index is 12.0. The van der Waals surface area contributed by atoms with Gasteiger partial charge in [-0.1, -0.05) is 11.8 Å². The van der Waals surface area contributed by atoms with Gasteiger partial charge in [0.25, 0.3) is 5.91 Å². The van der Waals surface area contributed by atoms with E-state index in [2.05, 4.69) is 25.3 Å². The number of thioether (sulfide) groups is 1. The van der Waals surface area contributed by atoms with Gasteiger partial charge in [-0.25, -0.2) is 14.8 Å². The summed E-state index contributed by atoms with van der Waals surface area (Å²) in [5, 5.41) is 10.8. The van der Waals surface area contributed by atoms with Crippen LogP contribution in [0, 0.1) is 0 Å². The number of aromatic nitrogens is 3. The number of hydrogen-bond acceptors (Lipinski definition) is 6. The predicted molar refractivity (Wildman–Crippen MR) is 74.7 cm³/mol. The summed E-state index contributed by atoms with van der Waals surface area (Å²) in [4.78, 5) is 36.5. The normalized spacial score (nSPS) is 11.6. The number of carboxylic acid groups (broad SMARTS) is 1. The number of carbonyl (C=O) groups excluding carboxylic acids is 1. The molecule has 0 aliphatic heterocycles. The lowest BCUT2D eigenvalue weighted by Crippen LogP contribution is -2.30. The summed E-state index contributed by atoms with van der Waals surface area (Å²) in [6.07, 6.45) is 1.78. The minimum atomic E-state index is -1.41. The van der Waals surface area contributed by atoms with Crippen LogP contribution in [0.25, 0.3) is 11.2 Å². The van der Waals surface area contributed by atoms with Crippen LogP contribution in [-0.2, 0) is 0 Å². The molecule has 10 heteroatoms. The summed E-state index contributed by atoms with van der Waals surface area (Å²) in [7, 11) is 0. The molecule has 9 nitrogen and oxygen atoms in total. The molecule has 2 rings (SSSR count). The lowest BCUT2D eigenvalue weighted by atomic mass is 10.3. The molecule has 0 atom stereocenters. The number of amidine groups is 1. The number of anilines is 1. The highest BCUT2D eigenvalue weighted by atomic mass is 32.2. The first-order chi connectivity index (χ1) is 9.51. The molecule has 0 bridgehead atoms. The third-order valence-electron chi connectivity index (χ3n) is 2.24. The molecule has 2 amide bonds. The number of H-pyrrole nitrogens is 1. The van der Waals surface area contributed by atoms with Crippen molar-refractivity contribution in [2.45, 2.75) is 0 Å². The Balaban J connectivity index is 2.31. The number of nitrogens with zero attached hydrogens (tertiary/aromatic N) is 3. The molecule has 0 saturated carbocycles. The summed E-state index contributed by atoms with van der Waals surface area (Å²) < 4.78 is 0.